The van der Waals surface area contributed by atoms with Crippen molar-refractivity contribution in [3.05, 3.63) is 41.7 Å². The molecule has 35 heavy (non-hydrogen) atoms. The first-order valence-corrected chi connectivity index (χ1v) is 13.4. The third-order valence-electron chi connectivity index (χ3n) is 6.21. The number of aryl methyl sites for hydroxylation is 2. The van der Waals surface area contributed by atoms with Gasteiger partial charge in [0.25, 0.3) is 0 Å². The van der Waals surface area contributed by atoms with Crippen LogP contribution in [0, 0.1) is 13.8 Å². The molecular weight excluding hydrogens is 468 g/mol. The Bertz CT molecular complexity index is 1500. The van der Waals surface area contributed by atoms with E-state index >= 15 is 0 Å². The molecule has 0 aliphatic carbocycles. The van der Waals surface area contributed by atoms with E-state index in [0.29, 0.717) is 49.1 Å². The number of aromatic amines is 1. The van der Waals surface area contributed by atoms with Crippen LogP contribution in [0.15, 0.2) is 24.5 Å². The van der Waals surface area contributed by atoms with E-state index in [-0.39, 0.29) is 12.1 Å². The van der Waals surface area contributed by atoms with Crippen molar-refractivity contribution in [1.82, 2.24) is 34.2 Å². The van der Waals surface area contributed by atoms with E-state index in [4.69, 9.17) is 14.7 Å². The standard InChI is InChI=1S/C23H28N8O3S/c1-13-6-5-7-17-18(13)23(34-16-8-10-31(11-9-16)35(4,32)33)30-20(29-17)14(2)26-21-19-22(25-12-24-21)28-15(3)27-19/h5-7,12,14,16H,8-11H2,1-4H3,(H2,24,25,26,27,28)/t14-/m0/s1. The van der Waals surface area contributed by atoms with Gasteiger partial charge in [0.2, 0.25) is 15.9 Å². The van der Waals surface area contributed by atoms with Gasteiger partial charge in [-0.1, -0.05) is 12.1 Å². The van der Waals surface area contributed by atoms with Crippen LogP contribution in [0.1, 0.15) is 43.0 Å². The lowest BCUT2D eigenvalue weighted by atomic mass is 10.1. The number of nitrogens with one attached hydrogen (secondary N) is 2. The molecule has 12 heteroatoms. The Hall–Kier alpha value is -3.38. The van der Waals surface area contributed by atoms with Crippen LogP contribution in [0.4, 0.5) is 5.82 Å². The molecule has 3 aromatic heterocycles. The fourth-order valence-corrected chi connectivity index (χ4v) is 5.25. The Morgan fingerprint density at radius 3 is 2.66 bits per heavy atom. The molecule has 1 saturated heterocycles. The number of piperidine rings is 1. The highest BCUT2D eigenvalue weighted by Gasteiger charge is 2.27. The van der Waals surface area contributed by atoms with Crippen LogP contribution in [0.5, 0.6) is 5.88 Å². The van der Waals surface area contributed by atoms with Crippen molar-refractivity contribution < 1.29 is 13.2 Å². The number of anilines is 1. The van der Waals surface area contributed by atoms with E-state index in [1.54, 1.807) is 0 Å². The molecule has 0 amide bonds. The second-order valence-electron chi connectivity index (χ2n) is 8.94. The van der Waals surface area contributed by atoms with Crippen molar-refractivity contribution in [2.24, 2.45) is 0 Å². The molecule has 1 aliphatic heterocycles. The lowest BCUT2D eigenvalue weighted by Crippen LogP contribution is -2.41. The van der Waals surface area contributed by atoms with Gasteiger partial charge in [-0.05, 0) is 45.2 Å². The third kappa shape index (κ3) is 4.76. The van der Waals surface area contributed by atoms with Gasteiger partial charge in [0, 0.05) is 13.1 Å². The number of H-pyrrole nitrogens is 1. The smallest absolute Gasteiger partial charge is 0.225 e. The van der Waals surface area contributed by atoms with Gasteiger partial charge < -0.3 is 15.0 Å². The minimum atomic E-state index is -3.20. The van der Waals surface area contributed by atoms with Crippen LogP contribution in [-0.4, -0.2) is 68.1 Å². The normalized spacial score (nSPS) is 16.6. The molecule has 5 rings (SSSR count). The first-order chi connectivity index (χ1) is 16.7. The summed E-state index contributed by atoms with van der Waals surface area (Å²) < 4.78 is 31.6. The molecule has 1 aliphatic rings. The number of aromatic nitrogens is 6. The second kappa shape index (κ2) is 9.00. The van der Waals surface area contributed by atoms with Gasteiger partial charge in [-0.2, -0.15) is 4.98 Å². The zero-order valence-electron chi connectivity index (χ0n) is 20.1. The maximum Gasteiger partial charge on any atom is 0.225 e. The SMILES string of the molecule is Cc1nc2ncnc(N[C@@H](C)c3nc(OC4CCN(S(C)(=O)=O)CC4)c4c(C)cccc4n3)c2[nH]1. The summed E-state index contributed by atoms with van der Waals surface area (Å²) in [6.07, 6.45) is 3.79. The molecule has 0 saturated carbocycles. The molecule has 1 fully saturated rings. The topological polar surface area (TPSA) is 139 Å². The van der Waals surface area contributed by atoms with Gasteiger partial charge in [-0.3, -0.25) is 0 Å². The number of sulfonamides is 1. The number of fused-ring (bicyclic) bond motifs is 2. The number of hydrogen-bond acceptors (Lipinski definition) is 9. The van der Waals surface area contributed by atoms with Gasteiger partial charge in [0.05, 0.1) is 23.2 Å². The minimum absolute atomic E-state index is 0.128. The third-order valence-corrected chi connectivity index (χ3v) is 7.51. The molecule has 4 aromatic rings. The van der Waals surface area contributed by atoms with Gasteiger partial charge in [-0.15, -0.1) is 0 Å². The zero-order valence-corrected chi connectivity index (χ0v) is 20.9. The highest BCUT2D eigenvalue weighted by Crippen LogP contribution is 2.31. The molecule has 0 unspecified atom stereocenters. The Morgan fingerprint density at radius 1 is 1.14 bits per heavy atom. The molecule has 0 bridgehead atoms. The van der Waals surface area contributed by atoms with Crippen LogP contribution in [0.25, 0.3) is 22.1 Å². The predicted molar refractivity (Wildman–Crippen MR) is 133 cm³/mol. The molecule has 184 valence electrons. The zero-order chi connectivity index (χ0) is 24.7. The van der Waals surface area contributed by atoms with Gasteiger partial charge >= 0.3 is 0 Å². The number of rotatable bonds is 6. The van der Waals surface area contributed by atoms with Crippen LogP contribution in [-0.2, 0) is 10.0 Å². The number of hydrogen-bond donors (Lipinski definition) is 2. The number of nitrogens with zero attached hydrogens (tertiary/aromatic N) is 6. The molecule has 4 heterocycles. The van der Waals surface area contributed by atoms with Crippen LogP contribution in [0.2, 0.25) is 0 Å². The lowest BCUT2D eigenvalue weighted by Gasteiger charge is -2.30. The summed E-state index contributed by atoms with van der Waals surface area (Å²) in [4.78, 5) is 25.7. The maximum atomic E-state index is 11.9. The lowest BCUT2D eigenvalue weighted by molar-refractivity contribution is 0.131. The van der Waals surface area contributed by atoms with E-state index in [9.17, 15) is 8.42 Å². The first-order valence-electron chi connectivity index (χ1n) is 11.5. The van der Waals surface area contributed by atoms with Crippen LogP contribution >= 0.6 is 0 Å². The summed E-state index contributed by atoms with van der Waals surface area (Å²) >= 11 is 0. The number of benzene rings is 1. The molecule has 0 radical (unpaired) electrons. The van der Waals surface area contributed by atoms with E-state index in [1.165, 1.54) is 16.9 Å². The quantitative estimate of drug-likeness (QED) is 0.412. The summed E-state index contributed by atoms with van der Waals surface area (Å²) in [6, 6.07) is 5.63. The first kappa shape index (κ1) is 23.4. The van der Waals surface area contributed by atoms with Crippen molar-refractivity contribution >= 4 is 37.9 Å². The summed E-state index contributed by atoms with van der Waals surface area (Å²) in [6.45, 7) is 6.70. The van der Waals surface area contributed by atoms with Gasteiger partial charge in [-0.25, -0.2) is 32.7 Å². The van der Waals surface area contributed by atoms with E-state index in [1.807, 2.05) is 39.0 Å². The van der Waals surface area contributed by atoms with E-state index < -0.39 is 10.0 Å². The monoisotopic (exact) mass is 496 g/mol. The molecule has 0 spiro atoms. The molecule has 2 N–H and O–H groups in total. The average molecular weight is 497 g/mol. The molecule has 1 atom stereocenters. The summed E-state index contributed by atoms with van der Waals surface area (Å²) in [7, 11) is -3.20. The van der Waals surface area contributed by atoms with Crippen LogP contribution < -0.4 is 10.1 Å². The number of ether oxygens (including phenoxy) is 1. The Labute approximate surface area is 203 Å². The van der Waals surface area contributed by atoms with Crippen molar-refractivity contribution in [3.63, 3.8) is 0 Å². The van der Waals surface area contributed by atoms with Crippen molar-refractivity contribution in [1.29, 1.82) is 0 Å². The highest BCUT2D eigenvalue weighted by molar-refractivity contribution is 7.88. The highest BCUT2D eigenvalue weighted by atomic mass is 32.2. The minimum Gasteiger partial charge on any atom is -0.474 e. The Morgan fingerprint density at radius 2 is 1.91 bits per heavy atom. The van der Waals surface area contributed by atoms with Crippen LogP contribution in [0.3, 0.4) is 0 Å². The summed E-state index contributed by atoms with van der Waals surface area (Å²) in [5.41, 5.74) is 3.12. The largest absolute Gasteiger partial charge is 0.474 e. The summed E-state index contributed by atoms with van der Waals surface area (Å²) in [5, 5.41) is 4.23. The molecule has 11 nitrogen and oxygen atoms in total. The average Bonchev–Trinajstić information content (AvgIpc) is 3.20. The Balaban J connectivity index is 1.44. The number of imidazole rings is 1. The van der Waals surface area contributed by atoms with Gasteiger partial charge in [0.1, 0.15) is 23.8 Å². The maximum absolute atomic E-state index is 11.9. The van der Waals surface area contributed by atoms with E-state index in [2.05, 4.69) is 25.3 Å². The van der Waals surface area contributed by atoms with E-state index in [0.717, 1.165) is 27.8 Å². The Kier molecular flexibility index (Phi) is 6.01. The van der Waals surface area contributed by atoms with Crippen molar-refractivity contribution in [3.8, 4) is 5.88 Å². The molecule has 1 aromatic carbocycles. The van der Waals surface area contributed by atoms with Crippen molar-refractivity contribution in [2.75, 3.05) is 24.7 Å². The predicted octanol–water partition coefficient (Wildman–Crippen LogP) is 2.89. The fraction of sp³-hybridized carbons (Fsp3) is 0.435. The van der Waals surface area contributed by atoms with Gasteiger partial charge in [0.15, 0.2) is 17.3 Å². The molecular formula is C23H28N8O3S. The van der Waals surface area contributed by atoms with Crippen molar-refractivity contribution in [2.45, 2.75) is 45.8 Å². The summed E-state index contributed by atoms with van der Waals surface area (Å²) in [5.74, 6) is 2.45. The second-order valence-corrected chi connectivity index (χ2v) is 10.9. The fourth-order valence-electron chi connectivity index (χ4n) is 4.37.